The Hall–Kier alpha value is -1.51. The summed E-state index contributed by atoms with van der Waals surface area (Å²) in [6.07, 6.45) is 0. The van der Waals surface area contributed by atoms with Crippen LogP contribution in [0.5, 0.6) is 0 Å². The zero-order valence-electron chi connectivity index (χ0n) is 5.33. The molecular formula is C7H7N3. The van der Waals surface area contributed by atoms with Gasteiger partial charge in [0.1, 0.15) is 0 Å². The first-order valence-corrected chi connectivity index (χ1v) is 3.04. The van der Waals surface area contributed by atoms with Crippen LogP contribution in [0.15, 0.2) is 24.3 Å². The third-order valence-corrected chi connectivity index (χ3v) is 1.55. The maximum absolute atomic E-state index is 7.10. The molecule has 0 bridgehead atoms. The van der Waals surface area contributed by atoms with Crippen molar-refractivity contribution < 1.29 is 0 Å². The summed E-state index contributed by atoms with van der Waals surface area (Å²) in [6, 6.07) is 7.75. The SMILES string of the molecule is N=C(N)N1c2ccccc21. The highest BCUT2D eigenvalue weighted by molar-refractivity contribution is 6.15. The molecule has 0 radical (unpaired) electrons. The van der Waals surface area contributed by atoms with Crippen LogP contribution in [0.25, 0.3) is 0 Å². The number of nitrogens with two attached hydrogens (primary N) is 1. The number of para-hydroxylation sites is 2. The van der Waals surface area contributed by atoms with E-state index in [1.165, 1.54) is 0 Å². The van der Waals surface area contributed by atoms with Gasteiger partial charge in [-0.25, -0.2) is 0 Å². The number of benzene rings is 1. The monoisotopic (exact) mass is 133 g/mol. The van der Waals surface area contributed by atoms with Crippen LogP contribution in [0, 0.1) is 5.41 Å². The number of anilines is 2. The molecule has 3 N–H and O–H groups in total. The largest absolute Gasteiger partial charge is 0.369 e. The van der Waals surface area contributed by atoms with Gasteiger partial charge in [-0.15, -0.1) is 0 Å². The van der Waals surface area contributed by atoms with Gasteiger partial charge in [0.15, 0.2) is 5.96 Å². The Balaban J connectivity index is 2.37. The van der Waals surface area contributed by atoms with Crippen LogP contribution in [0.2, 0.25) is 0 Å². The first-order chi connectivity index (χ1) is 4.80. The molecule has 0 amide bonds. The highest BCUT2D eigenvalue weighted by atomic mass is 15.3. The Kier molecular flexibility index (Phi) is 0.795. The fourth-order valence-electron chi connectivity index (χ4n) is 1.06. The second-order valence-corrected chi connectivity index (χ2v) is 2.21. The number of guanidine groups is 1. The van der Waals surface area contributed by atoms with Crippen LogP contribution in [0.4, 0.5) is 11.4 Å². The van der Waals surface area contributed by atoms with Crippen LogP contribution in [0.3, 0.4) is 0 Å². The van der Waals surface area contributed by atoms with E-state index in [0.29, 0.717) is 0 Å². The maximum atomic E-state index is 7.10. The molecule has 0 fully saturated rings. The molecule has 0 atom stereocenters. The molecule has 0 saturated carbocycles. The van der Waals surface area contributed by atoms with Crippen molar-refractivity contribution in [1.82, 2.24) is 0 Å². The summed E-state index contributed by atoms with van der Waals surface area (Å²) in [5.74, 6) is 0.0983. The van der Waals surface area contributed by atoms with E-state index in [2.05, 4.69) is 0 Å². The van der Waals surface area contributed by atoms with Gasteiger partial charge in [0.25, 0.3) is 0 Å². The Morgan fingerprint density at radius 3 is 2.20 bits per heavy atom. The van der Waals surface area contributed by atoms with Crippen molar-refractivity contribution in [2.45, 2.75) is 0 Å². The lowest BCUT2D eigenvalue weighted by molar-refractivity contribution is 1.37. The van der Waals surface area contributed by atoms with E-state index < -0.39 is 0 Å². The van der Waals surface area contributed by atoms with Crippen LogP contribution < -0.4 is 10.6 Å². The first-order valence-electron chi connectivity index (χ1n) is 3.04. The van der Waals surface area contributed by atoms with Gasteiger partial charge in [-0.3, -0.25) is 10.3 Å². The molecule has 3 heteroatoms. The van der Waals surface area contributed by atoms with Gasteiger partial charge < -0.3 is 5.73 Å². The molecule has 2 rings (SSSR count). The second kappa shape index (κ2) is 1.50. The number of fused-ring (bicyclic) bond motifs is 1. The van der Waals surface area contributed by atoms with Crippen molar-refractivity contribution in [2.75, 3.05) is 4.90 Å². The Morgan fingerprint density at radius 1 is 1.30 bits per heavy atom. The average Bonchev–Trinajstić information content (AvgIpc) is 2.60. The summed E-state index contributed by atoms with van der Waals surface area (Å²) < 4.78 is 0. The third kappa shape index (κ3) is 0.515. The molecule has 1 aliphatic rings. The van der Waals surface area contributed by atoms with Gasteiger partial charge in [-0.2, -0.15) is 0 Å². The van der Waals surface area contributed by atoms with Crippen molar-refractivity contribution in [3.05, 3.63) is 24.3 Å². The van der Waals surface area contributed by atoms with Gasteiger partial charge in [-0.05, 0) is 12.1 Å². The minimum Gasteiger partial charge on any atom is -0.369 e. The summed E-state index contributed by atoms with van der Waals surface area (Å²) in [5, 5.41) is 7.10. The van der Waals surface area contributed by atoms with Gasteiger partial charge in [0.2, 0.25) is 0 Å². The Labute approximate surface area is 58.6 Å². The van der Waals surface area contributed by atoms with E-state index in [9.17, 15) is 0 Å². The summed E-state index contributed by atoms with van der Waals surface area (Å²) in [4.78, 5) is 1.69. The van der Waals surface area contributed by atoms with Gasteiger partial charge in [0.05, 0.1) is 11.4 Å². The van der Waals surface area contributed by atoms with E-state index in [-0.39, 0.29) is 5.96 Å². The number of hydrogen-bond acceptors (Lipinski definition) is 1. The fourth-order valence-corrected chi connectivity index (χ4v) is 1.06. The van der Waals surface area contributed by atoms with Crippen molar-refractivity contribution >= 4 is 17.3 Å². The van der Waals surface area contributed by atoms with Crippen LogP contribution >= 0.6 is 0 Å². The fraction of sp³-hybridized carbons (Fsp3) is 0. The lowest BCUT2D eigenvalue weighted by atomic mass is 10.4. The standard InChI is InChI=1S/C7H7N3/c8-7(9)10-5-3-1-2-4-6(5)10/h1-4H,(H3,8,9). The average molecular weight is 133 g/mol. The maximum Gasteiger partial charge on any atom is 0.197 e. The predicted octanol–water partition coefficient (Wildman–Crippen LogP) is 1.03. The quantitative estimate of drug-likeness (QED) is 0.315. The molecule has 0 unspecified atom stereocenters. The van der Waals surface area contributed by atoms with Gasteiger partial charge in [0, 0.05) is 0 Å². The zero-order valence-corrected chi connectivity index (χ0v) is 5.33. The number of nitrogens with one attached hydrogen (secondary N) is 1. The molecule has 10 heavy (non-hydrogen) atoms. The molecule has 1 aromatic rings. The third-order valence-electron chi connectivity index (χ3n) is 1.55. The van der Waals surface area contributed by atoms with E-state index in [0.717, 1.165) is 11.4 Å². The summed E-state index contributed by atoms with van der Waals surface area (Å²) in [7, 11) is 0. The highest BCUT2D eigenvalue weighted by Crippen LogP contribution is 2.46. The number of rotatable bonds is 0. The Morgan fingerprint density at radius 2 is 1.80 bits per heavy atom. The smallest absolute Gasteiger partial charge is 0.197 e. The minimum atomic E-state index is 0.0983. The van der Waals surface area contributed by atoms with E-state index in [4.69, 9.17) is 11.1 Å². The summed E-state index contributed by atoms with van der Waals surface area (Å²) in [5.41, 5.74) is 7.36. The lowest BCUT2D eigenvalue weighted by Crippen LogP contribution is -2.21. The van der Waals surface area contributed by atoms with Crippen LogP contribution in [-0.2, 0) is 0 Å². The molecule has 1 heterocycles. The summed E-state index contributed by atoms with van der Waals surface area (Å²) in [6.45, 7) is 0. The van der Waals surface area contributed by atoms with Crippen LogP contribution in [0.1, 0.15) is 0 Å². The molecule has 1 aromatic carbocycles. The minimum absolute atomic E-state index is 0.0983. The molecule has 0 aromatic heterocycles. The van der Waals surface area contributed by atoms with Crippen LogP contribution in [-0.4, -0.2) is 5.96 Å². The zero-order chi connectivity index (χ0) is 7.14. The topological polar surface area (TPSA) is 52.9 Å². The second-order valence-electron chi connectivity index (χ2n) is 2.21. The summed E-state index contributed by atoms with van der Waals surface area (Å²) >= 11 is 0. The van der Waals surface area contributed by atoms with Crippen molar-refractivity contribution in [3.8, 4) is 0 Å². The first kappa shape index (κ1) is 5.29. The molecule has 0 aliphatic carbocycles. The molecular weight excluding hydrogens is 126 g/mol. The molecule has 0 spiro atoms. The highest BCUT2D eigenvalue weighted by Gasteiger charge is 2.29. The van der Waals surface area contributed by atoms with Crippen molar-refractivity contribution in [2.24, 2.45) is 5.73 Å². The van der Waals surface area contributed by atoms with Crippen molar-refractivity contribution in [3.63, 3.8) is 0 Å². The normalized spacial score (nSPS) is 12.6. The van der Waals surface area contributed by atoms with E-state index in [1.54, 1.807) is 4.90 Å². The van der Waals surface area contributed by atoms with Gasteiger partial charge in [-0.1, -0.05) is 12.1 Å². The molecule has 50 valence electrons. The molecule has 0 saturated heterocycles. The van der Waals surface area contributed by atoms with Crippen molar-refractivity contribution in [1.29, 1.82) is 5.41 Å². The number of hydrogen-bond donors (Lipinski definition) is 2. The van der Waals surface area contributed by atoms with Gasteiger partial charge >= 0.3 is 0 Å². The Bertz CT molecular complexity index is 270. The van der Waals surface area contributed by atoms with E-state index >= 15 is 0 Å². The number of nitrogens with zero attached hydrogens (tertiary/aromatic N) is 1. The van der Waals surface area contributed by atoms with E-state index in [1.807, 2.05) is 24.3 Å². The lowest BCUT2D eigenvalue weighted by Gasteiger charge is -1.94. The molecule has 3 nitrogen and oxygen atoms in total. The predicted molar refractivity (Wildman–Crippen MR) is 40.5 cm³/mol. The molecule has 1 aliphatic heterocycles.